The van der Waals surface area contributed by atoms with Gasteiger partial charge in [0.25, 0.3) is 11.8 Å². The number of rotatable bonds is 5. The number of anilines is 1. The van der Waals surface area contributed by atoms with E-state index in [4.69, 9.17) is 9.47 Å². The van der Waals surface area contributed by atoms with Gasteiger partial charge in [-0.2, -0.15) is 13.2 Å². The molecule has 35 heavy (non-hydrogen) atoms. The summed E-state index contributed by atoms with van der Waals surface area (Å²) in [6.07, 6.45) is -5.29. The number of nitrogens with zero attached hydrogens (tertiary/aromatic N) is 1. The second-order valence-corrected chi connectivity index (χ2v) is 8.16. The molecule has 1 N–H and O–H groups in total. The van der Waals surface area contributed by atoms with Crippen molar-refractivity contribution in [1.82, 2.24) is 4.90 Å². The van der Waals surface area contributed by atoms with Crippen molar-refractivity contribution in [2.24, 2.45) is 0 Å². The van der Waals surface area contributed by atoms with E-state index in [1.807, 2.05) is 0 Å². The molecule has 1 aliphatic heterocycles. The molecule has 3 aromatic rings. The van der Waals surface area contributed by atoms with E-state index in [-0.39, 0.29) is 24.9 Å². The zero-order valence-electron chi connectivity index (χ0n) is 19.1. The van der Waals surface area contributed by atoms with Gasteiger partial charge < -0.3 is 19.7 Å². The van der Waals surface area contributed by atoms with Gasteiger partial charge in [-0.15, -0.1) is 0 Å². The molecule has 0 saturated heterocycles. The molecule has 0 fully saturated rings. The summed E-state index contributed by atoms with van der Waals surface area (Å²) in [5.41, 5.74) is 1.10. The van der Waals surface area contributed by atoms with E-state index in [2.05, 4.69) is 5.32 Å². The average Bonchev–Trinajstić information content (AvgIpc) is 2.95. The summed E-state index contributed by atoms with van der Waals surface area (Å²) < 4.78 is 50.3. The number of hydrogen-bond donors (Lipinski definition) is 1. The van der Waals surface area contributed by atoms with Gasteiger partial charge in [-0.1, -0.05) is 18.2 Å². The van der Waals surface area contributed by atoms with Crippen LogP contribution in [0.4, 0.5) is 18.9 Å². The molecule has 9 heteroatoms. The van der Waals surface area contributed by atoms with Crippen molar-refractivity contribution in [3.8, 4) is 11.5 Å². The van der Waals surface area contributed by atoms with Crippen molar-refractivity contribution in [2.75, 3.05) is 12.4 Å². The van der Waals surface area contributed by atoms with Crippen molar-refractivity contribution in [3.05, 3.63) is 89.0 Å². The average molecular weight is 484 g/mol. The van der Waals surface area contributed by atoms with Gasteiger partial charge in [-0.3, -0.25) is 9.59 Å². The van der Waals surface area contributed by atoms with Crippen LogP contribution in [0, 0.1) is 0 Å². The predicted molar refractivity (Wildman–Crippen MR) is 123 cm³/mol. The summed E-state index contributed by atoms with van der Waals surface area (Å²) in [7, 11) is 1.51. The zero-order chi connectivity index (χ0) is 25.2. The van der Waals surface area contributed by atoms with Gasteiger partial charge in [0.1, 0.15) is 11.5 Å². The van der Waals surface area contributed by atoms with Crippen LogP contribution in [0.1, 0.15) is 34.0 Å². The number of carbonyl (C=O) groups is 2. The highest BCUT2D eigenvalue weighted by atomic mass is 19.4. The highest BCUT2D eigenvalue weighted by Crippen LogP contribution is 2.32. The number of nitrogens with one attached hydrogen (secondary N) is 1. The molecule has 0 unspecified atom stereocenters. The van der Waals surface area contributed by atoms with Gasteiger partial charge in [0.15, 0.2) is 6.10 Å². The fourth-order valence-electron chi connectivity index (χ4n) is 3.85. The van der Waals surface area contributed by atoms with Crippen molar-refractivity contribution >= 4 is 17.5 Å². The molecule has 6 nitrogen and oxygen atoms in total. The first-order valence-electron chi connectivity index (χ1n) is 10.8. The summed E-state index contributed by atoms with van der Waals surface area (Å²) in [6.45, 7) is 1.68. The zero-order valence-corrected chi connectivity index (χ0v) is 19.1. The number of fused-ring (bicyclic) bond motifs is 1. The van der Waals surface area contributed by atoms with E-state index in [0.29, 0.717) is 33.9 Å². The molecule has 0 saturated carbocycles. The maximum Gasteiger partial charge on any atom is 0.416 e. The van der Waals surface area contributed by atoms with Gasteiger partial charge >= 0.3 is 6.18 Å². The van der Waals surface area contributed by atoms with Gasteiger partial charge in [0.2, 0.25) is 0 Å². The second kappa shape index (κ2) is 9.69. The van der Waals surface area contributed by atoms with Crippen LogP contribution in [-0.4, -0.2) is 29.9 Å². The third kappa shape index (κ3) is 5.56. The normalized spacial score (nSPS) is 15.6. The first-order valence-corrected chi connectivity index (χ1v) is 10.8. The summed E-state index contributed by atoms with van der Waals surface area (Å²) >= 11 is 0. The van der Waals surface area contributed by atoms with Crippen LogP contribution in [0.2, 0.25) is 0 Å². The number of alkyl halides is 3. The summed E-state index contributed by atoms with van der Waals surface area (Å²) in [4.78, 5) is 27.0. The minimum atomic E-state index is -4.47. The first-order chi connectivity index (χ1) is 16.6. The number of amides is 2. The van der Waals surface area contributed by atoms with E-state index in [1.165, 1.54) is 18.1 Å². The Bertz CT molecular complexity index is 1260. The lowest BCUT2D eigenvalue weighted by Gasteiger charge is -2.22. The maximum absolute atomic E-state index is 13.1. The molecule has 1 heterocycles. The van der Waals surface area contributed by atoms with Gasteiger partial charge in [0, 0.05) is 29.9 Å². The Hall–Kier alpha value is -4.01. The standard InChI is InChI=1S/C26H23F3N2O4/c1-16-25(33)31(14-17-5-3-7-20(11-17)26(27,28)29)15-19-12-21(9-10-23(19)35-16)30-24(32)18-6-4-8-22(13-18)34-2/h3-13,16H,14-15H2,1-2H3,(H,30,32)/t16-/m1/s1. The molecule has 0 radical (unpaired) electrons. The van der Waals surface area contributed by atoms with Gasteiger partial charge in [0.05, 0.1) is 12.7 Å². The predicted octanol–water partition coefficient (Wildman–Crippen LogP) is 5.28. The molecule has 1 aliphatic rings. The lowest BCUT2D eigenvalue weighted by molar-refractivity contribution is -0.138. The molecule has 182 valence electrons. The minimum Gasteiger partial charge on any atom is -0.497 e. The third-order valence-electron chi connectivity index (χ3n) is 5.60. The quantitative estimate of drug-likeness (QED) is 0.536. The van der Waals surface area contributed by atoms with Crippen LogP contribution in [0.15, 0.2) is 66.7 Å². The summed E-state index contributed by atoms with van der Waals surface area (Å²) in [5, 5.41) is 2.81. The van der Waals surface area contributed by atoms with E-state index in [1.54, 1.807) is 55.5 Å². The molecule has 2 amide bonds. The Balaban J connectivity index is 1.56. The first kappa shape index (κ1) is 24.1. The molecular weight excluding hydrogens is 461 g/mol. The van der Waals surface area contributed by atoms with Crippen molar-refractivity contribution in [1.29, 1.82) is 0 Å². The lowest BCUT2D eigenvalue weighted by atomic mass is 10.1. The monoisotopic (exact) mass is 484 g/mol. The number of benzene rings is 3. The van der Waals surface area contributed by atoms with Crippen LogP contribution in [0.25, 0.3) is 0 Å². The third-order valence-corrected chi connectivity index (χ3v) is 5.60. The largest absolute Gasteiger partial charge is 0.497 e. The van der Waals surface area contributed by atoms with E-state index < -0.39 is 17.8 Å². The van der Waals surface area contributed by atoms with E-state index in [9.17, 15) is 22.8 Å². The molecule has 0 bridgehead atoms. The molecule has 0 aliphatic carbocycles. The van der Waals surface area contributed by atoms with Gasteiger partial charge in [-0.05, 0) is 61.0 Å². The molecule has 0 spiro atoms. The fraction of sp³-hybridized carbons (Fsp3) is 0.231. The second-order valence-electron chi connectivity index (χ2n) is 8.16. The number of hydrogen-bond acceptors (Lipinski definition) is 4. The van der Waals surface area contributed by atoms with Crippen LogP contribution in [0.5, 0.6) is 11.5 Å². The molecule has 0 aromatic heterocycles. The topological polar surface area (TPSA) is 67.9 Å². The number of methoxy groups -OCH3 is 1. The Labute approximate surface area is 200 Å². The highest BCUT2D eigenvalue weighted by molar-refractivity contribution is 6.04. The van der Waals surface area contributed by atoms with Crippen LogP contribution in [0.3, 0.4) is 0 Å². The molecule has 4 rings (SSSR count). The van der Waals surface area contributed by atoms with Crippen molar-refractivity contribution in [3.63, 3.8) is 0 Å². The van der Waals surface area contributed by atoms with Crippen molar-refractivity contribution in [2.45, 2.75) is 32.3 Å². The molecule has 3 aromatic carbocycles. The Morgan fingerprint density at radius 2 is 1.89 bits per heavy atom. The SMILES string of the molecule is COc1cccc(C(=O)Nc2ccc3c(c2)CN(Cc2cccc(C(F)(F)F)c2)C(=O)[C@@H](C)O3)c1. The highest BCUT2D eigenvalue weighted by Gasteiger charge is 2.32. The number of halogens is 3. The van der Waals surface area contributed by atoms with E-state index in [0.717, 1.165) is 12.1 Å². The maximum atomic E-state index is 13.1. The molecule has 1 atom stereocenters. The summed E-state index contributed by atoms with van der Waals surface area (Å²) in [5.74, 6) is 0.326. The Morgan fingerprint density at radius 1 is 1.11 bits per heavy atom. The number of carbonyl (C=O) groups excluding carboxylic acids is 2. The van der Waals surface area contributed by atoms with Crippen LogP contribution < -0.4 is 14.8 Å². The Kier molecular flexibility index (Phi) is 6.68. The van der Waals surface area contributed by atoms with Crippen LogP contribution in [-0.2, 0) is 24.1 Å². The Morgan fingerprint density at radius 3 is 2.63 bits per heavy atom. The fourth-order valence-corrected chi connectivity index (χ4v) is 3.85. The van der Waals surface area contributed by atoms with Gasteiger partial charge in [-0.25, -0.2) is 0 Å². The number of ether oxygens (including phenoxy) is 2. The van der Waals surface area contributed by atoms with Crippen LogP contribution >= 0.6 is 0 Å². The smallest absolute Gasteiger partial charge is 0.416 e. The van der Waals surface area contributed by atoms with E-state index >= 15 is 0 Å². The molecular formula is C26H23F3N2O4. The summed E-state index contributed by atoms with van der Waals surface area (Å²) in [6, 6.07) is 16.6. The lowest BCUT2D eigenvalue weighted by Crippen LogP contribution is -2.37. The minimum absolute atomic E-state index is 0.0176. The van der Waals surface area contributed by atoms with Crippen molar-refractivity contribution < 1.29 is 32.2 Å².